The highest BCUT2D eigenvalue weighted by atomic mass is 16.1. The van der Waals surface area contributed by atoms with Gasteiger partial charge in [-0.25, -0.2) is 4.98 Å². The third kappa shape index (κ3) is 4.02. The SMILES string of the molecule is CCCC(N)CNc1cc(=O)[nH]c(CC)n1. The lowest BCUT2D eigenvalue weighted by molar-refractivity contribution is 0.625. The van der Waals surface area contributed by atoms with E-state index in [2.05, 4.69) is 22.2 Å². The van der Waals surface area contributed by atoms with Gasteiger partial charge in [0.05, 0.1) is 0 Å². The second kappa shape index (κ2) is 6.27. The van der Waals surface area contributed by atoms with Crippen molar-refractivity contribution in [2.75, 3.05) is 11.9 Å². The molecule has 1 aromatic rings. The highest BCUT2D eigenvalue weighted by molar-refractivity contribution is 5.33. The zero-order chi connectivity index (χ0) is 12.0. The molecule has 1 atom stereocenters. The Morgan fingerprint density at radius 3 is 2.94 bits per heavy atom. The van der Waals surface area contributed by atoms with Crippen LogP contribution in [0.1, 0.15) is 32.5 Å². The summed E-state index contributed by atoms with van der Waals surface area (Å²) in [6.07, 6.45) is 2.74. The molecule has 4 N–H and O–H groups in total. The number of aromatic nitrogens is 2. The van der Waals surface area contributed by atoms with Crippen LogP contribution in [-0.4, -0.2) is 22.6 Å². The Balaban J connectivity index is 2.59. The van der Waals surface area contributed by atoms with E-state index in [4.69, 9.17) is 5.73 Å². The van der Waals surface area contributed by atoms with Crippen LogP contribution in [0.3, 0.4) is 0 Å². The van der Waals surface area contributed by atoms with Crippen LogP contribution in [0.5, 0.6) is 0 Å². The monoisotopic (exact) mass is 224 g/mol. The van der Waals surface area contributed by atoms with Crippen molar-refractivity contribution in [3.63, 3.8) is 0 Å². The van der Waals surface area contributed by atoms with Gasteiger partial charge >= 0.3 is 0 Å². The van der Waals surface area contributed by atoms with Crippen molar-refractivity contribution in [3.8, 4) is 0 Å². The summed E-state index contributed by atoms with van der Waals surface area (Å²) in [5, 5.41) is 3.09. The molecule has 0 radical (unpaired) electrons. The quantitative estimate of drug-likeness (QED) is 0.669. The molecule has 5 heteroatoms. The molecule has 0 saturated carbocycles. The van der Waals surface area contributed by atoms with E-state index in [0.29, 0.717) is 24.6 Å². The van der Waals surface area contributed by atoms with Crippen molar-refractivity contribution in [2.45, 2.75) is 39.2 Å². The van der Waals surface area contributed by atoms with Gasteiger partial charge in [0.15, 0.2) is 0 Å². The van der Waals surface area contributed by atoms with Gasteiger partial charge in [-0.2, -0.15) is 0 Å². The molecule has 0 fully saturated rings. The Kier molecular flexibility index (Phi) is 4.98. The van der Waals surface area contributed by atoms with E-state index < -0.39 is 0 Å². The molecule has 1 rings (SSSR count). The van der Waals surface area contributed by atoms with Crippen LogP contribution in [-0.2, 0) is 6.42 Å². The summed E-state index contributed by atoms with van der Waals surface area (Å²) < 4.78 is 0. The topological polar surface area (TPSA) is 83.8 Å². The maximum atomic E-state index is 11.3. The van der Waals surface area contributed by atoms with Crippen LogP contribution in [0, 0.1) is 0 Å². The molecule has 0 bridgehead atoms. The number of anilines is 1. The van der Waals surface area contributed by atoms with Crippen LogP contribution in [0.4, 0.5) is 5.82 Å². The van der Waals surface area contributed by atoms with Crippen LogP contribution >= 0.6 is 0 Å². The van der Waals surface area contributed by atoms with E-state index in [1.165, 1.54) is 6.07 Å². The molecule has 0 spiro atoms. The van der Waals surface area contributed by atoms with Crippen molar-refractivity contribution in [3.05, 3.63) is 22.2 Å². The maximum absolute atomic E-state index is 11.3. The number of aromatic amines is 1. The number of hydrogen-bond donors (Lipinski definition) is 3. The lowest BCUT2D eigenvalue weighted by Gasteiger charge is -2.12. The minimum atomic E-state index is -0.126. The number of rotatable bonds is 6. The fourth-order valence-electron chi connectivity index (χ4n) is 1.47. The average molecular weight is 224 g/mol. The van der Waals surface area contributed by atoms with Crippen LogP contribution in [0.25, 0.3) is 0 Å². The molecule has 1 heterocycles. The summed E-state index contributed by atoms with van der Waals surface area (Å²) in [6.45, 7) is 4.69. The van der Waals surface area contributed by atoms with Crippen LogP contribution in [0.15, 0.2) is 10.9 Å². The van der Waals surface area contributed by atoms with E-state index in [-0.39, 0.29) is 11.6 Å². The van der Waals surface area contributed by atoms with E-state index >= 15 is 0 Å². The summed E-state index contributed by atoms with van der Waals surface area (Å²) in [5.41, 5.74) is 5.74. The first kappa shape index (κ1) is 12.7. The summed E-state index contributed by atoms with van der Waals surface area (Å²) in [7, 11) is 0. The van der Waals surface area contributed by atoms with Gasteiger partial charge in [-0.3, -0.25) is 4.79 Å². The first-order valence-electron chi connectivity index (χ1n) is 5.75. The van der Waals surface area contributed by atoms with E-state index in [9.17, 15) is 4.79 Å². The highest BCUT2D eigenvalue weighted by Gasteiger charge is 2.03. The third-order valence-corrected chi connectivity index (χ3v) is 2.33. The zero-order valence-corrected chi connectivity index (χ0v) is 9.92. The molecule has 0 aromatic carbocycles. The molecular weight excluding hydrogens is 204 g/mol. The minimum Gasteiger partial charge on any atom is -0.368 e. The third-order valence-electron chi connectivity index (χ3n) is 2.33. The van der Waals surface area contributed by atoms with Crippen molar-refractivity contribution >= 4 is 5.82 Å². The summed E-state index contributed by atoms with van der Waals surface area (Å²) >= 11 is 0. The molecule has 1 unspecified atom stereocenters. The van der Waals surface area contributed by atoms with Crippen LogP contribution < -0.4 is 16.6 Å². The molecule has 0 aliphatic rings. The van der Waals surface area contributed by atoms with Gasteiger partial charge in [0.25, 0.3) is 5.56 Å². The Morgan fingerprint density at radius 2 is 2.31 bits per heavy atom. The predicted molar refractivity (Wildman–Crippen MR) is 65.6 cm³/mol. The van der Waals surface area contributed by atoms with E-state index in [1.807, 2.05) is 6.92 Å². The molecule has 5 nitrogen and oxygen atoms in total. The molecule has 0 amide bonds. The van der Waals surface area contributed by atoms with Gasteiger partial charge in [0.2, 0.25) is 0 Å². The second-order valence-electron chi connectivity index (χ2n) is 3.86. The Morgan fingerprint density at radius 1 is 1.56 bits per heavy atom. The lowest BCUT2D eigenvalue weighted by Crippen LogP contribution is -2.29. The maximum Gasteiger partial charge on any atom is 0.252 e. The average Bonchev–Trinajstić information content (AvgIpc) is 2.26. The highest BCUT2D eigenvalue weighted by Crippen LogP contribution is 2.00. The van der Waals surface area contributed by atoms with Gasteiger partial charge in [-0.15, -0.1) is 0 Å². The zero-order valence-electron chi connectivity index (χ0n) is 9.92. The smallest absolute Gasteiger partial charge is 0.252 e. The molecule has 16 heavy (non-hydrogen) atoms. The number of H-pyrrole nitrogens is 1. The number of aryl methyl sites for hydroxylation is 1. The molecule has 0 aliphatic carbocycles. The first-order valence-corrected chi connectivity index (χ1v) is 5.75. The number of hydrogen-bond acceptors (Lipinski definition) is 4. The molecule has 0 saturated heterocycles. The first-order chi connectivity index (χ1) is 7.65. The Labute approximate surface area is 95.5 Å². The van der Waals surface area contributed by atoms with Gasteiger partial charge in [-0.1, -0.05) is 20.3 Å². The van der Waals surface area contributed by atoms with Gasteiger partial charge in [0, 0.05) is 25.1 Å². The van der Waals surface area contributed by atoms with Crippen molar-refractivity contribution in [2.24, 2.45) is 5.73 Å². The normalized spacial score (nSPS) is 12.4. The summed E-state index contributed by atoms with van der Waals surface area (Å²) in [5.74, 6) is 1.30. The van der Waals surface area contributed by atoms with Crippen LogP contribution in [0.2, 0.25) is 0 Å². The van der Waals surface area contributed by atoms with E-state index in [1.54, 1.807) is 0 Å². The van der Waals surface area contributed by atoms with Crippen molar-refractivity contribution in [1.82, 2.24) is 9.97 Å². The summed E-state index contributed by atoms with van der Waals surface area (Å²) in [6, 6.07) is 1.56. The number of nitrogens with two attached hydrogens (primary N) is 1. The number of nitrogens with one attached hydrogen (secondary N) is 2. The summed E-state index contributed by atoms with van der Waals surface area (Å²) in [4.78, 5) is 18.2. The molecule has 1 aromatic heterocycles. The number of nitrogens with zero attached hydrogens (tertiary/aromatic N) is 1. The Bertz CT molecular complexity index is 374. The van der Waals surface area contributed by atoms with Gasteiger partial charge in [0.1, 0.15) is 11.6 Å². The molecule has 0 aliphatic heterocycles. The minimum absolute atomic E-state index is 0.108. The standard InChI is InChI=1S/C11H20N4O/c1-3-5-8(12)7-13-10-6-11(16)15-9(4-2)14-10/h6,8H,3-5,7,12H2,1-2H3,(H2,13,14,15,16). The van der Waals surface area contributed by atoms with Crippen molar-refractivity contribution < 1.29 is 0 Å². The molecular formula is C11H20N4O. The largest absolute Gasteiger partial charge is 0.368 e. The fraction of sp³-hybridized carbons (Fsp3) is 0.636. The molecule has 90 valence electrons. The van der Waals surface area contributed by atoms with Gasteiger partial charge in [-0.05, 0) is 6.42 Å². The second-order valence-corrected chi connectivity index (χ2v) is 3.86. The van der Waals surface area contributed by atoms with Crippen molar-refractivity contribution in [1.29, 1.82) is 0 Å². The fourth-order valence-corrected chi connectivity index (χ4v) is 1.47. The Hall–Kier alpha value is -1.36. The van der Waals surface area contributed by atoms with Gasteiger partial charge < -0.3 is 16.0 Å². The lowest BCUT2D eigenvalue weighted by atomic mass is 10.2. The van der Waals surface area contributed by atoms with E-state index in [0.717, 1.165) is 12.8 Å². The predicted octanol–water partition coefficient (Wildman–Crippen LogP) is 0.872.